The molecule has 0 aliphatic carbocycles. The standard InChI is InChI=1S/2C10H16N2O2.2C9H12N2O2.3C9H14N2O2.2C8H10N2O2.C8H12N2O2/c1-14-8-4-2-3-5-10(13)12-7-6-11-9-12;1-3-14-9(2)4-5-10(13)12-7-6-11-8-12;12-9(11-3-2-10-7-11)5-8-1-4-13-6-8;12-9(11-4-3-10-7-11)6-8-2-1-5-13-8;1-8(13-2)3-4-9(12)11-6-5-10-7-11;1-13-7-3-2-4-9(12)11-6-5-10-8-11;1-2-13-7-3-4-9(12)11-6-5-10-8-11;11-8(7-1-4-12-5-7)10-3-2-9-6-10;11-8(7-2-1-5-12-7)10-4-3-9-6-10;1-12-6-2-3-8(11)10-5-4-9-7-10/h6-7,9H,2-5,8H2,1H3;6-9H,3-5H2,1-2H3;2-3,7-8H,1,4-6H2;3-4,7-8H,1-2,5-6H2;5-8H,3-4H2,1-2H3;2*5-6,8H,2-4,7H2,1H3;2-3,6-7H,1,4-5H2;3-4,6-7H,1-2,5H2;4-5,7H,2-3,6H2,1H3. The van der Waals surface area contributed by atoms with E-state index in [2.05, 4.69) is 49.8 Å². The zero-order valence-corrected chi connectivity index (χ0v) is 75.6. The second-order valence-electron chi connectivity index (χ2n) is 29.4. The number of carbonyl (C=O) groups is 10. The first-order chi connectivity index (χ1) is 62.8. The van der Waals surface area contributed by atoms with Gasteiger partial charge in [-0.2, -0.15) is 0 Å². The minimum absolute atomic E-state index is 0.00926. The lowest BCUT2D eigenvalue weighted by Crippen LogP contribution is -2.24. The monoisotopic (exact) mass is 1800 g/mol. The third-order valence-electron chi connectivity index (χ3n) is 19.5. The summed E-state index contributed by atoms with van der Waals surface area (Å²) in [6, 6.07) is 0. The molecule has 4 fully saturated rings. The van der Waals surface area contributed by atoms with Gasteiger partial charge in [0.05, 0.1) is 37.3 Å². The lowest BCUT2D eigenvalue weighted by atomic mass is 10.1. The summed E-state index contributed by atoms with van der Waals surface area (Å²) < 4.78 is 66.1. The summed E-state index contributed by atoms with van der Waals surface area (Å²) in [4.78, 5) is 152. The lowest BCUT2D eigenvalue weighted by Gasteiger charge is -2.10. The molecule has 14 rings (SSSR count). The highest BCUT2D eigenvalue weighted by molar-refractivity contribution is 5.84. The molecule has 40 nitrogen and oxygen atoms in total. The van der Waals surface area contributed by atoms with Crippen LogP contribution in [0.3, 0.4) is 0 Å². The molecule has 40 heteroatoms. The van der Waals surface area contributed by atoms with Crippen molar-refractivity contribution in [2.24, 2.45) is 11.8 Å². The zero-order chi connectivity index (χ0) is 93.1. The highest BCUT2D eigenvalue weighted by Gasteiger charge is 2.26. The van der Waals surface area contributed by atoms with E-state index in [9.17, 15) is 47.9 Å². The van der Waals surface area contributed by atoms with Crippen molar-refractivity contribution in [3.8, 4) is 0 Å². The first-order valence-electron chi connectivity index (χ1n) is 43.5. The predicted octanol–water partition coefficient (Wildman–Crippen LogP) is 11.7. The van der Waals surface area contributed by atoms with Gasteiger partial charge in [-0.1, -0.05) is 6.42 Å². The average molecular weight is 1800 g/mol. The SMILES string of the molecule is CCOC(C)CCC(=O)n1ccnc1.CCOCCCC(=O)n1ccnc1.COC(C)CCC(=O)n1ccnc1.COCCCC(=O)n1ccnc1.COCCCCC(=O)n1ccnc1.COCCCCCC(=O)n1ccnc1.O=C(C1CCCO1)n1ccnc1.O=C(C1CCOC1)n1ccnc1.O=C(CC1CCCO1)n1ccnc1.O=C(CC1CCOC1)n1ccnc1. The van der Waals surface area contributed by atoms with Gasteiger partial charge in [0.2, 0.25) is 53.2 Å². The van der Waals surface area contributed by atoms with Crippen LogP contribution in [0, 0.1) is 11.8 Å². The summed E-state index contributed by atoms with van der Waals surface area (Å²) in [6.07, 6.45) is 65.7. The van der Waals surface area contributed by atoms with Crippen molar-refractivity contribution >= 4 is 59.1 Å². The number of methoxy groups -OCH3 is 4. The Morgan fingerprint density at radius 2 is 0.690 bits per heavy atom. The van der Waals surface area contributed by atoms with E-state index in [0.29, 0.717) is 104 Å². The van der Waals surface area contributed by atoms with Crippen LogP contribution in [0.15, 0.2) is 187 Å². The molecule has 0 amide bonds. The molecule has 6 unspecified atom stereocenters. The maximum Gasteiger partial charge on any atom is 0.260 e. The summed E-state index contributed by atoms with van der Waals surface area (Å²) in [5, 5.41) is 0. The van der Waals surface area contributed by atoms with Gasteiger partial charge in [-0.25, -0.2) is 49.8 Å². The fraction of sp³-hybridized carbons (Fsp3) is 0.551. The van der Waals surface area contributed by atoms with Crippen molar-refractivity contribution in [1.82, 2.24) is 95.5 Å². The maximum atomic E-state index is 11.6. The first-order valence-corrected chi connectivity index (χ1v) is 43.5. The Kier molecular flexibility index (Phi) is 56.6. The van der Waals surface area contributed by atoms with E-state index in [1.54, 1.807) is 152 Å². The number of hydrogen-bond acceptors (Lipinski definition) is 30. The molecule has 14 heterocycles. The third-order valence-corrected chi connectivity index (χ3v) is 19.5. The Labute approximate surface area is 753 Å². The predicted molar refractivity (Wildman–Crippen MR) is 473 cm³/mol. The van der Waals surface area contributed by atoms with E-state index in [4.69, 9.17) is 47.4 Å². The molecule has 0 N–H and O–H groups in total. The van der Waals surface area contributed by atoms with Gasteiger partial charge in [0, 0.05) is 270 Å². The lowest BCUT2D eigenvalue weighted by molar-refractivity contribution is 0.0553. The fourth-order valence-electron chi connectivity index (χ4n) is 12.1. The van der Waals surface area contributed by atoms with Gasteiger partial charge in [-0.05, 0) is 124 Å². The number of nitrogens with zero attached hydrogens (tertiary/aromatic N) is 20. The van der Waals surface area contributed by atoms with E-state index in [-0.39, 0.29) is 89.4 Å². The number of ether oxygens (including phenoxy) is 10. The number of aromatic nitrogens is 20. The van der Waals surface area contributed by atoms with Crippen molar-refractivity contribution in [2.45, 2.75) is 200 Å². The van der Waals surface area contributed by atoms with Gasteiger partial charge < -0.3 is 47.4 Å². The first kappa shape index (κ1) is 108. The Bertz CT molecular complexity index is 4290. The van der Waals surface area contributed by atoms with E-state index < -0.39 is 0 Å². The fourth-order valence-corrected chi connectivity index (χ4v) is 12.1. The molecule has 706 valence electrons. The molecule has 0 aromatic carbocycles. The van der Waals surface area contributed by atoms with Crippen molar-refractivity contribution in [2.75, 3.05) is 108 Å². The number of carbonyl (C=O) groups excluding carboxylic acids is 10. The largest absolute Gasteiger partial charge is 0.385 e. The average Bonchev–Trinajstić information content (AvgIpc) is 1.74. The molecule has 6 atom stereocenters. The van der Waals surface area contributed by atoms with Crippen LogP contribution >= 0.6 is 0 Å². The van der Waals surface area contributed by atoms with Gasteiger partial charge in [0.25, 0.3) is 5.91 Å². The van der Waals surface area contributed by atoms with E-state index >= 15 is 0 Å². The third kappa shape index (κ3) is 46.3. The second kappa shape index (κ2) is 67.6. The summed E-state index contributed by atoms with van der Waals surface area (Å²) in [6.45, 7) is 16.3. The highest BCUT2D eigenvalue weighted by Crippen LogP contribution is 2.19. The smallest absolute Gasteiger partial charge is 0.260 e. The molecule has 4 aliphatic heterocycles. The van der Waals surface area contributed by atoms with Crippen LogP contribution < -0.4 is 0 Å². The summed E-state index contributed by atoms with van der Waals surface area (Å²) in [5.41, 5.74) is 0. The Morgan fingerprint density at radius 3 is 1.05 bits per heavy atom. The molecule has 10 aromatic heterocycles. The minimum Gasteiger partial charge on any atom is -0.385 e. The molecular formula is C89H130N20O20. The van der Waals surface area contributed by atoms with Crippen LogP contribution in [0.2, 0.25) is 0 Å². The quantitative estimate of drug-likeness (QED) is 0.0333. The topological polar surface area (TPSA) is 441 Å². The molecule has 4 saturated heterocycles. The van der Waals surface area contributed by atoms with Crippen molar-refractivity contribution in [3.05, 3.63) is 187 Å². The summed E-state index contributed by atoms with van der Waals surface area (Å²) in [5.74, 6) is 1.12. The van der Waals surface area contributed by atoms with E-state index in [0.717, 1.165) is 129 Å². The van der Waals surface area contributed by atoms with Crippen LogP contribution in [0.25, 0.3) is 0 Å². The number of unbranched alkanes of at least 4 members (excludes halogenated alkanes) is 3. The Hall–Kier alpha value is -11.6. The van der Waals surface area contributed by atoms with E-state index in [1.807, 2.05) is 27.7 Å². The van der Waals surface area contributed by atoms with Crippen LogP contribution in [0.5, 0.6) is 0 Å². The van der Waals surface area contributed by atoms with Gasteiger partial charge >= 0.3 is 0 Å². The summed E-state index contributed by atoms with van der Waals surface area (Å²) >= 11 is 0. The van der Waals surface area contributed by atoms with Gasteiger partial charge in [-0.15, -0.1) is 0 Å². The van der Waals surface area contributed by atoms with E-state index in [1.165, 1.54) is 109 Å². The van der Waals surface area contributed by atoms with Crippen LogP contribution in [0.1, 0.15) is 223 Å². The molecular weight excluding hydrogens is 1670 g/mol. The number of rotatable bonds is 35. The maximum absolute atomic E-state index is 11.6. The van der Waals surface area contributed by atoms with Crippen LogP contribution in [-0.4, -0.2) is 287 Å². The molecule has 10 aromatic rings. The molecule has 0 bridgehead atoms. The molecule has 4 aliphatic rings. The van der Waals surface area contributed by atoms with Crippen molar-refractivity contribution < 1.29 is 95.3 Å². The van der Waals surface area contributed by atoms with Crippen LogP contribution in [0.4, 0.5) is 0 Å². The Balaban J connectivity index is 0.000000254. The van der Waals surface area contributed by atoms with Crippen molar-refractivity contribution in [3.63, 3.8) is 0 Å². The van der Waals surface area contributed by atoms with Gasteiger partial charge in [0.1, 0.15) is 69.4 Å². The Morgan fingerprint density at radius 1 is 0.341 bits per heavy atom. The molecule has 0 saturated carbocycles. The van der Waals surface area contributed by atoms with Gasteiger partial charge in [-0.3, -0.25) is 93.6 Å². The van der Waals surface area contributed by atoms with Crippen LogP contribution in [-0.2, 0) is 47.4 Å². The summed E-state index contributed by atoms with van der Waals surface area (Å²) in [7, 11) is 6.63. The van der Waals surface area contributed by atoms with Crippen molar-refractivity contribution in [1.29, 1.82) is 0 Å². The highest BCUT2D eigenvalue weighted by atomic mass is 16.5. The number of imidazole rings is 10. The molecule has 0 spiro atoms. The normalized spacial score (nSPS) is 15.5. The van der Waals surface area contributed by atoms with Gasteiger partial charge in [0.15, 0.2) is 0 Å². The second-order valence-corrected chi connectivity index (χ2v) is 29.4. The number of hydrogen-bond donors (Lipinski definition) is 0. The zero-order valence-electron chi connectivity index (χ0n) is 75.6. The minimum atomic E-state index is -0.251. The molecule has 129 heavy (non-hydrogen) atoms. The molecule has 0 radical (unpaired) electrons.